The zero-order chi connectivity index (χ0) is 10.6. The molecule has 0 aliphatic heterocycles. The molecule has 0 amide bonds. The van der Waals surface area contributed by atoms with Crippen molar-refractivity contribution in [2.75, 3.05) is 13.2 Å². The number of benzene rings is 1. The van der Waals surface area contributed by atoms with Crippen LogP contribution in [0, 0.1) is 0 Å². The second-order valence-corrected chi connectivity index (χ2v) is 2.47. The predicted octanol–water partition coefficient (Wildman–Crippen LogP) is 1.86. The second-order valence-electron chi connectivity index (χ2n) is 2.47. The van der Waals surface area contributed by atoms with Crippen molar-refractivity contribution in [1.82, 2.24) is 0 Å². The van der Waals surface area contributed by atoms with Gasteiger partial charge in [-0.3, -0.25) is 0 Å². The standard InChI is InChI=1S/C9H10O.C3H6O/c10-8-4-7-9-5-2-1-3-6-9;1-2-3-4/h1-7,10H,8H2;2,4H,1,3H2. The van der Waals surface area contributed by atoms with Gasteiger partial charge in [-0.2, -0.15) is 0 Å². The van der Waals surface area contributed by atoms with Crippen molar-refractivity contribution >= 4 is 6.08 Å². The Kier molecular flexibility index (Phi) is 8.75. The normalized spacial score (nSPS) is 9.29. The van der Waals surface area contributed by atoms with Gasteiger partial charge in [0, 0.05) is 0 Å². The lowest BCUT2D eigenvalue weighted by Gasteiger charge is -1.88. The van der Waals surface area contributed by atoms with E-state index in [4.69, 9.17) is 10.2 Å². The highest BCUT2D eigenvalue weighted by molar-refractivity contribution is 5.48. The molecule has 0 aliphatic rings. The highest BCUT2D eigenvalue weighted by Crippen LogP contribution is 1.99. The van der Waals surface area contributed by atoms with Crippen molar-refractivity contribution in [3.05, 3.63) is 54.6 Å². The minimum Gasteiger partial charge on any atom is -0.392 e. The molecule has 0 saturated carbocycles. The molecule has 0 unspecified atom stereocenters. The van der Waals surface area contributed by atoms with Crippen LogP contribution in [0.15, 0.2) is 49.1 Å². The van der Waals surface area contributed by atoms with Crippen LogP contribution in [0.25, 0.3) is 6.08 Å². The van der Waals surface area contributed by atoms with Crippen LogP contribution in [0.5, 0.6) is 0 Å². The van der Waals surface area contributed by atoms with E-state index in [-0.39, 0.29) is 13.2 Å². The van der Waals surface area contributed by atoms with E-state index in [1.807, 2.05) is 36.4 Å². The zero-order valence-corrected chi connectivity index (χ0v) is 8.13. The summed E-state index contributed by atoms with van der Waals surface area (Å²) in [5.41, 5.74) is 1.12. The number of rotatable bonds is 3. The molecule has 2 nitrogen and oxygen atoms in total. The largest absolute Gasteiger partial charge is 0.392 e. The molecule has 0 bridgehead atoms. The summed E-state index contributed by atoms with van der Waals surface area (Å²) < 4.78 is 0. The molecule has 0 radical (unpaired) electrons. The van der Waals surface area contributed by atoms with Crippen LogP contribution in [0.2, 0.25) is 0 Å². The van der Waals surface area contributed by atoms with Crippen LogP contribution in [-0.2, 0) is 0 Å². The lowest BCUT2D eigenvalue weighted by Crippen LogP contribution is -1.72. The third-order valence-electron chi connectivity index (χ3n) is 1.34. The minimum atomic E-state index is 0.0833. The van der Waals surface area contributed by atoms with E-state index in [1.165, 1.54) is 6.08 Å². The minimum absolute atomic E-state index is 0.0833. The van der Waals surface area contributed by atoms with Gasteiger partial charge in [0.1, 0.15) is 0 Å². The van der Waals surface area contributed by atoms with Gasteiger partial charge < -0.3 is 10.2 Å². The van der Waals surface area contributed by atoms with Gasteiger partial charge in [-0.25, -0.2) is 0 Å². The van der Waals surface area contributed by atoms with Gasteiger partial charge in [0.25, 0.3) is 0 Å². The van der Waals surface area contributed by atoms with Gasteiger partial charge in [0.2, 0.25) is 0 Å². The van der Waals surface area contributed by atoms with Gasteiger partial charge in [-0.15, -0.1) is 6.58 Å². The molecule has 0 atom stereocenters. The molecule has 1 aromatic rings. The molecule has 0 aromatic heterocycles. The van der Waals surface area contributed by atoms with Crippen LogP contribution in [0.4, 0.5) is 0 Å². The molecule has 0 aliphatic carbocycles. The number of hydrogen-bond acceptors (Lipinski definition) is 2. The Balaban J connectivity index is 0.000000364. The van der Waals surface area contributed by atoms with E-state index in [0.29, 0.717) is 0 Å². The fraction of sp³-hybridized carbons (Fsp3) is 0.167. The van der Waals surface area contributed by atoms with E-state index in [2.05, 4.69) is 6.58 Å². The first-order valence-electron chi connectivity index (χ1n) is 4.39. The van der Waals surface area contributed by atoms with Crippen LogP contribution in [0.1, 0.15) is 5.56 Å². The van der Waals surface area contributed by atoms with Crippen molar-refractivity contribution < 1.29 is 10.2 Å². The van der Waals surface area contributed by atoms with Crippen molar-refractivity contribution in [2.45, 2.75) is 0 Å². The molecular weight excluding hydrogens is 176 g/mol. The fourth-order valence-corrected chi connectivity index (χ4v) is 0.753. The van der Waals surface area contributed by atoms with E-state index in [1.54, 1.807) is 6.08 Å². The molecule has 1 rings (SSSR count). The average Bonchev–Trinajstić information content (AvgIpc) is 2.28. The predicted molar refractivity (Wildman–Crippen MR) is 59.8 cm³/mol. The first-order valence-corrected chi connectivity index (χ1v) is 4.39. The molecule has 0 fully saturated rings. The van der Waals surface area contributed by atoms with E-state index in [0.717, 1.165) is 5.56 Å². The topological polar surface area (TPSA) is 40.5 Å². The van der Waals surface area contributed by atoms with E-state index >= 15 is 0 Å². The van der Waals surface area contributed by atoms with Crippen LogP contribution >= 0.6 is 0 Å². The Hall–Kier alpha value is -1.38. The quantitative estimate of drug-likeness (QED) is 0.718. The van der Waals surface area contributed by atoms with Gasteiger partial charge in [0.15, 0.2) is 0 Å². The molecule has 76 valence electrons. The van der Waals surface area contributed by atoms with Crippen LogP contribution in [-0.4, -0.2) is 23.4 Å². The Labute approximate surface area is 84.8 Å². The highest BCUT2D eigenvalue weighted by atomic mass is 16.3. The maximum Gasteiger partial charge on any atom is 0.0615 e. The molecular formula is C12H16O2. The molecule has 14 heavy (non-hydrogen) atoms. The molecule has 1 aromatic carbocycles. The zero-order valence-electron chi connectivity index (χ0n) is 8.13. The Bertz CT molecular complexity index is 252. The van der Waals surface area contributed by atoms with Crippen molar-refractivity contribution in [2.24, 2.45) is 0 Å². The number of hydrogen-bond donors (Lipinski definition) is 2. The van der Waals surface area contributed by atoms with Gasteiger partial charge in [0.05, 0.1) is 13.2 Å². The third kappa shape index (κ3) is 7.28. The smallest absolute Gasteiger partial charge is 0.0615 e. The van der Waals surface area contributed by atoms with Crippen molar-refractivity contribution in [3.63, 3.8) is 0 Å². The fourth-order valence-electron chi connectivity index (χ4n) is 0.753. The Morgan fingerprint density at radius 1 is 1.07 bits per heavy atom. The Morgan fingerprint density at radius 3 is 2.07 bits per heavy atom. The summed E-state index contributed by atoms with van der Waals surface area (Å²) in [7, 11) is 0. The highest BCUT2D eigenvalue weighted by Gasteiger charge is 1.79. The van der Waals surface area contributed by atoms with Gasteiger partial charge in [-0.1, -0.05) is 48.6 Å². The molecule has 0 spiro atoms. The second kappa shape index (κ2) is 9.71. The third-order valence-corrected chi connectivity index (χ3v) is 1.34. The lowest BCUT2D eigenvalue weighted by atomic mass is 10.2. The summed E-state index contributed by atoms with van der Waals surface area (Å²) in [4.78, 5) is 0. The summed E-state index contributed by atoms with van der Waals surface area (Å²) in [5, 5.41) is 16.2. The van der Waals surface area contributed by atoms with Crippen molar-refractivity contribution in [3.8, 4) is 0 Å². The SMILES string of the molecule is C=CCO.OCC=Cc1ccccc1. The lowest BCUT2D eigenvalue weighted by molar-refractivity contribution is 0.343. The van der Waals surface area contributed by atoms with E-state index in [9.17, 15) is 0 Å². The summed E-state index contributed by atoms with van der Waals surface area (Å²) in [6, 6.07) is 9.89. The van der Waals surface area contributed by atoms with Crippen LogP contribution < -0.4 is 0 Å². The summed E-state index contributed by atoms with van der Waals surface area (Å²) in [6.07, 6.45) is 5.04. The van der Waals surface area contributed by atoms with Gasteiger partial charge >= 0.3 is 0 Å². The first kappa shape index (κ1) is 12.6. The molecule has 0 heterocycles. The summed E-state index contributed by atoms with van der Waals surface area (Å²) >= 11 is 0. The summed E-state index contributed by atoms with van der Waals surface area (Å²) in [5.74, 6) is 0. The van der Waals surface area contributed by atoms with Crippen molar-refractivity contribution in [1.29, 1.82) is 0 Å². The van der Waals surface area contributed by atoms with Crippen LogP contribution in [0.3, 0.4) is 0 Å². The maximum atomic E-state index is 8.44. The number of aliphatic hydroxyl groups excluding tert-OH is 2. The Morgan fingerprint density at radius 2 is 1.64 bits per heavy atom. The van der Waals surface area contributed by atoms with Gasteiger partial charge in [-0.05, 0) is 5.56 Å². The monoisotopic (exact) mass is 192 g/mol. The first-order chi connectivity index (χ1) is 6.85. The maximum absolute atomic E-state index is 8.44. The summed E-state index contributed by atoms with van der Waals surface area (Å²) in [6.45, 7) is 3.42. The average molecular weight is 192 g/mol. The molecule has 2 N–H and O–H groups in total. The number of aliphatic hydroxyl groups is 2. The molecule has 0 saturated heterocycles. The van der Waals surface area contributed by atoms with E-state index < -0.39 is 0 Å². The molecule has 2 heteroatoms.